The highest BCUT2D eigenvalue weighted by molar-refractivity contribution is 6.00. The van der Waals surface area contributed by atoms with Gasteiger partial charge in [0, 0.05) is 12.8 Å². The molecular weight excluding hydrogens is 304 g/mol. The topological polar surface area (TPSA) is 52.6 Å². The minimum absolute atomic E-state index is 0.0537. The lowest BCUT2D eigenvalue weighted by Crippen LogP contribution is -2.09. The largest absolute Gasteiger partial charge is 0.496 e. The maximum Gasteiger partial charge on any atom is 0.166 e. The molecule has 0 saturated heterocycles. The Morgan fingerprint density at radius 3 is 1.46 bits per heavy atom. The van der Waals surface area contributed by atoms with Crippen LogP contribution < -0.4 is 9.47 Å². The second-order valence-corrected chi connectivity index (χ2v) is 5.92. The summed E-state index contributed by atoms with van der Waals surface area (Å²) in [5, 5.41) is 0. The van der Waals surface area contributed by atoms with E-state index in [1.165, 1.54) is 0 Å². The average molecular weight is 324 g/mol. The molecule has 2 aromatic rings. The molecule has 4 heteroatoms. The van der Waals surface area contributed by atoms with Gasteiger partial charge in [-0.25, -0.2) is 0 Å². The fourth-order valence-electron chi connectivity index (χ4n) is 3.04. The lowest BCUT2D eigenvalue weighted by molar-refractivity contribution is 0.0975. The maximum atomic E-state index is 12.6. The summed E-state index contributed by atoms with van der Waals surface area (Å²) < 4.78 is 10.6. The van der Waals surface area contributed by atoms with E-state index in [0.717, 1.165) is 11.1 Å². The number of methoxy groups -OCH3 is 2. The van der Waals surface area contributed by atoms with Gasteiger partial charge in [-0.05, 0) is 48.2 Å². The Hall–Kier alpha value is -2.62. The van der Waals surface area contributed by atoms with Crippen LogP contribution in [0.4, 0.5) is 0 Å². The lowest BCUT2D eigenvalue weighted by atomic mass is 9.94. The Balaban J connectivity index is 2.02. The highest BCUT2D eigenvalue weighted by Gasteiger charge is 2.18. The smallest absolute Gasteiger partial charge is 0.166 e. The second kappa shape index (κ2) is 6.87. The molecule has 2 aromatic carbocycles. The molecule has 0 spiro atoms. The molecule has 0 N–H and O–H groups in total. The molecule has 0 amide bonds. The number of ether oxygens (including phenoxy) is 2. The Morgan fingerprint density at radius 1 is 0.667 bits per heavy atom. The van der Waals surface area contributed by atoms with E-state index in [1.807, 2.05) is 24.3 Å². The van der Waals surface area contributed by atoms with Crippen molar-refractivity contribution in [2.24, 2.45) is 0 Å². The van der Waals surface area contributed by atoms with Crippen LogP contribution in [0.5, 0.6) is 11.5 Å². The Kier molecular flexibility index (Phi) is 4.65. The summed E-state index contributed by atoms with van der Waals surface area (Å²) in [4.78, 5) is 25.2. The first-order valence-electron chi connectivity index (χ1n) is 8.02. The van der Waals surface area contributed by atoms with Gasteiger partial charge in [0.1, 0.15) is 11.5 Å². The number of hydrogen-bond donors (Lipinski definition) is 0. The van der Waals surface area contributed by atoms with Crippen molar-refractivity contribution >= 4 is 11.6 Å². The highest BCUT2D eigenvalue weighted by Crippen LogP contribution is 2.27. The van der Waals surface area contributed by atoms with Crippen LogP contribution >= 0.6 is 0 Å². The van der Waals surface area contributed by atoms with Crippen molar-refractivity contribution in [3.8, 4) is 11.5 Å². The van der Waals surface area contributed by atoms with Crippen molar-refractivity contribution < 1.29 is 19.1 Å². The molecule has 1 aliphatic carbocycles. The van der Waals surface area contributed by atoms with E-state index in [4.69, 9.17) is 9.47 Å². The fraction of sp³-hybridized carbons (Fsp3) is 0.300. The van der Waals surface area contributed by atoms with Crippen molar-refractivity contribution in [3.63, 3.8) is 0 Å². The molecule has 1 aliphatic rings. The summed E-state index contributed by atoms with van der Waals surface area (Å²) in [6.45, 7) is 0. The average Bonchev–Trinajstić information content (AvgIpc) is 2.62. The summed E-state index contributed by atoms with van der Waals surface area (Å²) in [5.74, 6) is 1.28. The molecule has 0 aromatic heterocycles. The number of benzene rings is 2. The van der Waals surface area contributed by atoms with Crippen LogP contribution in [0.1, 0.15) is 44.7 Å². The van der Waals surface area contributed by atoms with Crippen LogP contribution in [-0.2, 0) is 12.8 Å². The van der Waals surface area contributed by atoms with Gasteiger partial charge in [0.05, 0.1) is 25.3 Å². The predicted molar refractivity (Wildman–Crippen MR) is 91.3 cm³/mol. The molecule has 24 heavy (non-hydrogen) atoms. The SMILES string of the molecule is COc1ccc2cc1C(=O)CCc1ccc(OC)c(c1)C(=O)CC2. The zero-order chi connectivity index (χ0) is 17.1. The first-order valence-corrected chi connectivity index (χ1v) is 8.02. The van der Waals surface area contributed by atoms with Crippen LogP contribution in [-0.4, -0.2) is 25.8 Å². The zero-order valence-corrected chi connectivity index (χ0v) is 13.9. The monoisotopic (exact) mass is 324 g/mol. The minimum Gasteiger partial charge on any atom is -0.496 e. The zero-order valence-electron chi connectivity index (χ0n) is 13.9. The number of fused-ring (bicyclic) bond motifs is 4. The van der Waals surface area contributed by atoms with Crippen LogP contribution in [0, 0.1) is 0 Å². The molecule has 0 fully saturated rings. The number of hydrogen-bond acceptors (Lipinski definition) is 4. The van der Waals surface area contributed by atoms with Crippen LogP contribution in [0.15, 0.2) is 36.4 Å². The Labute approximate surface area is 141 Å². The number of carbonyl (C=O) groups is 2. The summed E-state index contributed by atoms with van der Waals surface area (Å²) in [7, 11) is 3.13. The second-order valence-electron chi connectivity index (χ2n) is 5.92. The van der Waals surface area contributed by atoms with E-state index in [-0.39, 0.29) is 11.6 Å². The first-order chi connectivity index (χ1) is 11.6. The molecule has 4 bridgehead atoms. The summed E-state index contributed by atoms with van der Waals surface area (Å²) in [6.07, 6.45) is 1.91. The van der Waals surface area contributed by atoms with Gasteiger partial charge in [0.25, 0.3) is 0 Å². The van der Waals surface area contributed by atoms with Gasteiger partial charge in [-0.2, -0.15) is 0 Å². The molecule has 0 unspecified atom stereocenters. The van der Waals surface area contributed by atoms with Crippen LogP contribution in [0.2, 0.25) is 0 Å². The third kappa shape index (κ3) is 3.18. The van der Waals surface area contributed by atoms with E-state index >= 15 is 0 Å². The lowest BCUT2D eigenvalue weighted by Gasteiger charge is -2.14. The summed E-state index contributed by atoms with van der Waals surface area (Å²) in [5.41, 5.74) is 3.11. The summed E-state index contributed by atoms with van der Waals surface area (Å²) in [6, 6.07) is 11.1. The fourth-order valence-corrected chi connectivity index (χ4v) is 3.04. The maximum absolute atomic E-state index is 12.6. The van der Waals surface area contributed by atoms with E-state index in [1.54, 1.807) is 26.4 Å². The van der Waals surface area contributed by atoms with Gasteiger partial charge in [-0.3, -0.25) is 9.59 Å². The number of rotatable bonds is 2. The van der Waals surface area contributed by atoms with Gasteiger partial charge in [-0.1, -0.05) is 12.1 Å². The molecule has 3 rings (SSSR count). The van der Waals surface area contributed by atoms with Crippen molar-refractivity contribution in [3.05, 3.63) is 58.7 Å². The Bertz CT molecular complexity index is 725. The predicted octanol–water partition coefficient (Wildman–Crippen LogP) is 3.65. The first kappa shape index (κ1) is 16.2. The van der Waals surface area contributed by atoms with E-state index in [0.29, 0.717) is 48.3 Å². The van der Waals surface area contributed by atoms with E-state index in [2.05, 4.69) is 0 Å². The van der Waals surface area contributed by atoms with Crippen LogP contribution in [0.25, 0.3) is 0 Å². The minimum atomic E-state index is 0.0537. The summed E-state index contributed by atoms with van der Waals surface area (Å²) >= 11 is 0. The molecule has 0 aliphatic heterocycles. The molecular formula is C20H20O4. The van der Waals surface area contributed by atoms with Gasteiger partial charge < -0.3 is 9.47 Å². The van der Waals surface area contributed by atoms with E-state index < -0.39 is 0 Å². The molecule has 0 saturated carbocycles. The van der Waals surface area contributed by atoms with Gasteiger partial charge in [-0.15, -0.1) is 0 Å². The number of ketones is 2. The standard InChI is InChI=1S/C20H20O4/c1-23-19-9-5-13-4-8-18(22)16-12-14(6-10-20(16)24-2)3-7-17(21)15(19)11-13/h5-6,9-12H,3-4,7-8H2,1-2H3. The molecule has 4 nitrogen and oxygen atoms in total. The van der Waals surface area contributed by atoms with Crippen LogP contribution in [0.3, 0.4) is 0 Å². The molecule has 124 valence electrons. The third-order valence-electron chi connectivity index (χ3n) is 4.41. The van der Waals surface area contributed by atoms with Crippen molar-refractivity contribution in [2.75, 3.05) is 14.2 Å². The molecule has 0 atom stereocenters. The third-order valence-corrected chi connectivity index (χ3v) is 4.41. The van der Waals surface area contributed by atoms with E-state index in [9.17, 15) is 9.59 Å². The number of carbonyl (C=O) groups excluding carboxylic acids is 2. The number of aryl methyl sites for hydroxylation is 2. The molecule has 0 heterocycles. The van der Waals surface area contributed by atoms with Crippen molar-refractivity contribution in [2.45, 2.75) is 25.7 Å². The van der Waals surface area contributed by atoms with Gasteiger partial charge >= 0.3 is 0 Å². The van der Waals surface area contributed by atoms with Crippen molar-refractivity contribution in [1.82, 2.24) is 0 Å². The van der Waals surface area contributed by atoms with Gasteiger partial charge in [0.15, 0.2) is 11.6 Å². The number of Topliss-reactive ketones (excluding diaryl/α,β-unsaturated/α-hetero) is 2. The van der Waals surface area contributed by atoms with Crippen molar-refractivity contribution in [1.29, 1.82) is 0 Å². The van der Waals surface area contributed by atoms with Gasteiger partial charge in [0.2, 0.25) is 0 Å². The Morgan fingerprint density at radius 2 is 1.08 bits per heavy atom. The normalized spacial score (nSPS) is 14.6. The quantitative estimate of drug-likeness (QED) is 0.846. The highest BCUT2D eigenvalue weighted by atomic mass is 16.5. The molecule has 0 radical (unpaired) electrons.